The highest BCUT2D eigenvalue weighted by Gasteiger charge is 2.28. The van der Waals surface area contributed by atoms with Gasteiger partial charge in [-0.1, -0.05) is 24.1 Å². The van der Waals surface area contributed by atoms with Crippen LogP contribution < -0.4 is 5.32 Å². The van der Waals surface area contributed by atoms with E-state index in [2.05, 4.69) is 5.32 Å². The fraction of sp³-hybridized carbons (Fsp3) is 0.529. The van der Waals surface area contributed by atoms with Gasteiger partial charge in [-0.25, -0.2) is 0 Å². The van der Waals surface area contributed by atoms with Gasteiger partial charge in [-0.2, -0.15) is 0 Å². The van der Waals surface area contributed by atoms with Crippen molar-refractivity contribution in [2.45, 2.75) is 40.0 Å². The Morgan fingerprint density at radius 2 is 1.76 bits per heavy atom. The van der Waals surface area contributed by atoms with Gasteiger partial charge >= 0.3 is 0 Å². The molecule has 2 amide bonds. The number of anilines is 1. The quantitative estimate of drug-likeness (QED) is 0.926. The fourth-order valence-electron chi connectivity index (χ4n) is 2.82. The van der Waals surface area contributed by atoms with Crippen molar-refractivity contribution in [2.24, 2.45) is 5.92 Å². The van der Waals surface area contributed by atoms with E-state index in [4.69, 9.17) is 0 Å². The average Bonchev–Trinajstić information content (AvgIpc) is 2.31. The molecule has 0 atom stereocenters. The Hall–Kier alpha value is -1.84. The molecule has 2 rings (SSSR count). The lowest BCUT2D eigenvalue weighted by molar-refractivity contribution is -0.139. The highest BCUT2D eigenvalue weighted by molar-refractivity contribution is 5.96. The van der Waals surface area contributed by atoms with Gasteiger partial charge in [0, 0.05) is 18.7 Å². The van der Waals surface area contributed by atoms with Gasteiger partial charge in [-0.3, -0.25) is 9.59 Å². The van der Waals surface area contributed by atoms with Gasteiger partial charge in [0.15, 0.2) is 0 Å². The minimum Gasteiger partial charge on any atom is -0.336 e. The fourth-order valence-corrected chi connectivity index (χ4v) is 2.82. The number of carbonyl (C=O) groups is 2. The molecule has 1 aromatic rings. The molecule has 0 spiro atoms. The first-order chi connectivity index (χ1) is 9.88. The van der Waals surface area contributed by atoms with E-state index in [1.54, 1.807) is 7.05 Å². The maximum Gasteiger partial charge on any atom is 0.243 e. The number of hydrogen-bond acceptors (Lipinski definition) is 2. The van der Waals surface area contributed by atoms with Crippen LogP contribution in [0.5, 0.6) is 0 Å². The third-order valence-corrected chi connectivity index (χ3v) is 4.15. The van der Waals surface area contributed by atoms with Crippen molar-refractivity contribution < 1.29 is 9.59 Å². The maximum atomic E-state index is 12.1. The normalized spacial score (nSPS) is 14.5. The number of nitrogens with zero attached hydrogens (tertiary/aromatic N) is 1. The van der Waals surface area contributed by atoms with Gasteiger partial charge in [0.05, 0.1) is 6.54 Å². The average molecular weight is 288 g/mol. The number of aryl methyl sites for hydroxylation is 3. The van der Waals surface area contributed by atoms with Crippen LogP contribution in [0.1, 0.15) is 36.0 Å². The molecule has 0 saturated heterocycles. The van der Waals surface area contributed by atoms with Crippen LogP contribution in [-0.4, -0.2) is 30.3 Å². The highest BCUT2D eigenvalue weighted by Crippen LogP contribution is 2.28. The van der Waals surface area contributed by atoms with Gasteiger partial charge < -0.3 is 10.2 Å². The smallest absolute Gasteiger partial charge is 0.243 e. The molecule has 1 aliphatic rings. The number of hydrogen-bond donors (Lipinski definition) is 1. The third kappa shape index (κ3) is 3.63. The lowest BCUT2D eigenvalue weighted by Crippen LogP contribution is -2.40. The molecule has 21 heavy (non-hydrogen) atoms. The van der Waals surface area contributed by atoms with E-state index in [9.17, 15) is 9.59 Å². The first kappa shape index (κ1) is 15.5. The van der Waals surface area contributed by atoms with E-state index in [0.717, 1.165) is 36.1 Å². The van der Waals surface area contributed by atoms with E-state index in [1.165, 1.54) is 10.5 Å². The molecule has 1 fully saturated rings. The maximum absolute atomic E-state index is 12.1. The molecule has 1 saturated carbocycles. The zero-order chi connectivity index (χ0) is 15.6. The first-order valence-corrected chi connectivity index (χ1v) is 7.51. The summed E-state index contributed by atoms with van der Waals surface area (Å²) in [7, 11) is 1.70. The molecule has 0 aliphatic heterocycles. The summed E-state index contributed by atoms with van der Waals surface area (Å²) in [5.74, 6) is 0.0830. The van der Waals surface area contributed by atoms with Crippen LogP contribution in [0, 0.1) is 26.7 Å². The number of likely N-dealkylation sites (N-methyl/N-ethyl adjacent to an activating group) is 1. The Balaban J connectivity index is 1.97. The van der Waals surface area contributed by atoms with Crippen molar-refractivity contribution in [1.29, 1.82) is 0 Å². The second kappa shape index (κ2) is 6.29. The molecule has 114 valence electrons. The van der Waals surface area contributed by atoms with E-state index in [0.29, 0.717) is 0 Å². The number of benzene rings is 1. The molecule has 1 N–H and O–H groups in total. The SMILES string of the molecule is Cc1cc(C)c(NC(=O)CN(C)C(=O)C2CCC2)c(C)c1. The van der Waals surface area contributed by atoms with Crippen molar-refractivity contribution in [3.05, 3.63) is 28.8 Å². The van der Waals surface area contributed by atoms with Crippen LogP contribution in [0.25, 0.3) is 0 Å². The third-order valence-electron chi connectivity index (χ3n) is 4.15. The summed E-state index contributed by atoms with van der Waals surface area (Å²) in [4.78, 5) is 25.7. The minimum atomic E-state index is -0.139. The van der Waals surface area contributed by atoms with E-state index >= 15 is 0 Å². The summed E-state index contributed by atoms with van der Waals surface area (Å²) in [5.41, 5.74) is 4.14. The Morgan fingerprint density at radius 1 is 1.19 bits per heavy atom. The predicted octanol–water partition coefficient (Wildman–Crippen LogP) is 2.81. The number of amides is 2. The Morgan fingerprint density at radius 3 is 2.24 bits per heavy atom. The van der Waals surface area contributed by atoms with Crippen molar-refractivity contribution in [2.75, 3.05) is 18.9 Å². The standard InChI is InChI=1S/C17H24N2O2/c1-11-8-12(2)16(13(3)9-11)18-15(20)10-19(4)17(21)14-6-5-7-14/h8-9,14H,5-7,10H2,1-4H3,(H,18,20). The Kier molecular flexibility index (Phi) is 4.66. The molecule has 0 bridgehead atoms. The molecular formula is C17H24N2O2. The van der Waals surface area contributed by atoms with Crippen LogP contribution in [-0.2, 0) is 9.59 Å². The molecule has 0 radical (unpaired) electrons. The first-order valence-electron chi connectivity index (χ1n) is 7.51. The van der Waals surface area contributed by atoms with Crippen LogP contribution in [0.2, 0.25) is 0 Å². The Bertz CT molecular complexity index is 539. The van der Waals surface area contributed by atoms with Crippen LogP contribution in [0.3, 0.4) is 0 Å². The molecular weight excluding hydrogens is 264 g/mol. The monoisotopic (exact) mass is 288 g/mol. The summed E-state index contributed by atoms with van der Waals surface area (Å²) >= 11 is 0. The van der Waals surface area contributed by atoms with Crippen molar-refractivity contribution in [3.63, 3.8) is 0 Å². The van der Waals surface area contributed by atoms with Crippen LogP contribution in [0.15, 0.2) is 12.1 Å². The van der Waals surface area contributed by atoms with Crippen molar-refractivity contribution >= 4 is 17.5 Å². The molecule has 0 unspecified atom stereocenters. The zero-order valence-electron chi connectivity index (χ0n) is 13.3. The van der Waals surface area contributed by atoms with E-state index in [1.807, 2.05) is 32.9 Å². The molecule has 1 aromatic carbocycles. The van der Waals surface area contributed by atoms with Gasteiger partial charge in [0.2, 0.25) is 11.8 Å². The second-order valence-electron chi connectivity index (χ2n) is 6.14. The van der Waals surface area contributed by atoms with Gasteiger partial charge in [-0.15, -0.1) is 0 Å². The summed E-state index contributed by atoms with van der Waals surface area (Å²) < 4.78 is 0. The van der Waals surface area contributed by atoms with Crippen molar-refractivity contribution in [3.8, 4) is 0 Å². The second-order valence-corrected chi connectivity index (χ2v) is 6.14. The van der Waals surface area contributed by atoms with Crippen LogP contribution >= 0.6 is 0 Å². The van der Waals surface area contributed by atoms with Crippen LogP contribution in [0.4, 0.5) is 5.69 Å². The van der Waals surface area contributed by atoms with Gasteiger partial charge in [0.1, 0.15) is 0 Å². The number of nitrogens with one attached hydrogen (secondary N) is 1. The summed E-state index contributed by atoms with van der Waals surface area (Å²) in [5, 5.41) is 2.93. The highest BCUT2D eigenvalue weighted by atomic mass is 16.2. The summed E-state index contributed by atoms with van der Waals surface area (Å²) in [6.45, 7) is 6.12. The molecule has 4 heteroatoms. The minimum absolute atomic E-state index is 0.0914. The topological polar surface area (TPSA) is 49.4 Å². The zero-order valence-corrected chi connectivity index (χ0v) is 13.3. The number of carbonyl (C=O) groups excluding carboxylic acids is 2. The lowest BCUT2D eigenvalue weighted by atomic mass is 9.84. The lowest BCUT2D eigenvalue weighted by Gasteiger charge is -2.29. The predicted molar refractivity (Wildman–Crippen MR) is 84.3 cm³/mol. The molecule has 1 aliphatic carbocycles. The molecule has 0 aromatic heterocycles. The van der Waals surface area contributed by atoms with Gasteiger partial charge in [0.25, 0.3) is 0 Å². The largest absolute Gasteiger partial charge is 0.336 e. The van der Waals surface area contributed by atoms with E-state index in [-0.39, 0.29) is 24.3 Å². The van der Waals surface area contributed by atoms with E-state index < -0.39 is 0 Å². The molecule has 4 nitrogen and oxygen atoms in total. The molecule has 0 heterocycles. The van der Waals surface area contributed by atoms with Crippen molar-refractivity contribution in [1.82, 2.24) is 4.90 Å². The van der Waals surface area contributed by atoms with Gasteiger partial charge in [-0.05, 0) is 44.7 Å². The summed E-state index contributed by atoms with van der Waals surface area (Å²) in [6.07, 6.45) is 3.04. The summed E-state index contributed by atoms with van der Waals surface area (Å²) in [6, 6.07) is 4.09. The number of rotatable bonds is 4. The Labute approximate surface area is 126 Å².